The van der Waals surface area contributed by atoms with Crippen LogP contribution in [0.15, 0.2) is 39.5 Å². The molecule has 124 valence electrons. The largest absolute Gasteiger partial charge is 0.417 e. The third-order valence-corrected chi connectivity index (χ3v) is 5.61. The van der Waals surface area contributed by atoms with E-state index in [1.807, 2.05) is 0 Å². The van der Waals surface area contributed by atoms with Gasteiger partial charge in [-0.25, -0.2) is 4.79 Å². The van der Waals surface area contributed by atoms with Crippen molar-refractivity contribution in [3.8, 4) is 6.07 Å². The highest BCUT2D eigenvalue weighted by Crippen LogP contribution is 2.37. The number of amides is 1. The Morgan fingerprint density at radius 1 is 1.24 bits per heavy atom. The third-order valence-electron chi connectivity index (χ3n) is 4.40. The van der Waals surface area contributed by atoms with E-state index in [1.165, 1.54) is 11.3 Å². The molecule has 0 saturated heterocycles. The van der Waals surface area contributed by atoms with Crippen LogP contribution in [0.25, 0.3) is 10.8 Å². The van der Waals surface area contributed by atoms with Gasteiger partial charge in [-0.1, -0.05) is 18.2 Å². The molecule has 0 fully saturated rings. The van der Waals surface area contributed by atoms with E-state index in [0.717, 1.165) is 36.1 Å². The van der Waals surface area contributed by atoms with E-state index in [1.54, 1.807) is 30.3 Å². The van der Waals surface area contributed by atoms with Gasteiger partial charge < -0.3 is 9.73 Å². The second kappa shape index (κ2) is 6.19. The number of hydrogen-bond acceptors (Lipinski definition) is 5. The minimum Gasteiger partial charge on any atom is -0.417 e. The van der Waals surface area contributed by atoms with Crippen LogP contribution in [0.3, 0.4) is 0 Å². The van der Waals surface area contributed by atoms with Crippen molar-refractivity contribution in [2.24, 2.45) is 0 Å². The molecule has 0 spiro atoms. The normalized spacial score (nSPS) is 13.2. The van der Waals surface area contributed by atoms with Gasteiger partial charge in [-0.15, -0.1) is 11.3 Å². The van der Waals surface area contributed by atoms with Crippen LogP contribution in [-0.4, -0.2) is 5.91 Å². The zero-order valence-electron chi connectivity index (χ0n) is 13.3. The Labute approximate surface area is 147 Å². The number of nitriles is 1. The predicted octanol–water partition coefficient (Wildman–Crippen LogP) is 3.86. The van der Waals surface area contributed by atoms with E-state index in [2.05, 4.69) is 11.4 Å². The lowest BCUT2D eigenvalue weighted by atomic mass is 9.96. The number of thiophene rings is 1. The number of anilines is 1. The molecule has 0 aliphatic heterocycles. The highest BCUT2D eigenvalue weighted by Gasteiger charge is 2.23. The molecule has 2 heterocycles. The van der Waals surface area contributed by atoms with Gasteiger partial charge in [0.15, 0.2) is 5.76 Å². The number of benzene rings is 1. The maximum atomic E-state index is 12.5. The molecule has 0 radical (unpaired) electrons. The molecule has 3 aromatic rings. The van der Waals surface area contributed by atoms with Crippen molar-refractivity contribution < 1.29 is 9.21 Å². The molecule has 0 unspecified atom stereocenters. The number of carbonyl (C=O) groups is 1. The lowest BCUT2D eigenvalue weighted by Crippen LogP contribution is -2.15. The van der Waals surface area contributed by atoms with E-state index in [0.29, 0.717) is 21.3 Å². The van der Waals surface area contributed by atoms with Gasteiger partial charge in [-0.3, -0.25) is 4.79 Å². The van der Waals surface area contributed by atoms with E-state index in [4.69, 9.17) is 4.42 Å². The van der Waals surface area contributed by atoms with E-state index in [9.17, 15) is 14.9 Å². The second-order valence-corrected chi connectivity index (χ2v) is 7.07. The number of aryl methyl sites for hydroxylation is 1. The van der Waals surface area contributed by atoms with Crippen LogP contribution in [0.2, 0.25) is 0 Å². The molecule has 1 N–H and O–H groups in total. The molecule has 2 aromatic heterocycles. The fraction of sp³-hybridized carbons (Fsp3) is 0.211. The molecular weight excluding hydrogens is 336 g/mol. The van der Waals surface area contributed by atoms with Gasteiger partial charge in [-0.2, -0.15) is 5.26 Å². The van der Waals surface area contributed by atoms with Crippen molar-refractivity contribution in [1.29, 1.82) is 5.26 Å². The van der Waals surface area contributed by atoms with Crippen LogP contribution in [0.1, 0.15) is 39.4 Å². The molecule has 6 heteroatoms. The zero-order chi connectivity index (χ0) is 17.4. The number of hydrogen-bond donors (Lipinski definition) is 1. The van der Waals surface area contributed by atoms with Crippen molar-refractivity contribution in [3.05, 3.63) is 62.5 Å². The minimum absolute atomic E-state index is 0.0565. The van der Waals surface area contributed by atoms with Crippen molar-refractivity contribution in [3.63, 3.8) is 0 Å². The Kier molecular flexibility index (Phi) is 3.86. The predicted molar refractivity (Wildman–Crippen MR) is 96.1 cm³/mol. The van der Waals surface area contributed by atoms with E-state index < -0.39 is 11.5 Å². The van der Waals surface area contributed by atoms with Crippen LogP contribution in [-0.2, 0) is 12.8 Å². The van der Waals surface area contributed by atoms with Gasteiger partial charge in [0, 0.05) is 4.88 Å². The summed E-state index contributed by atoms with van der Waals surface area (Å²) in [4.78, 5) is 25.8. The molecule has 1 aliphatic rings. The lowest BCUT2D eigenvalue weighted by molar-refractivity contribution is 0.0993. The topological polar surface area (TPSA) is 83.1 Å². The lowest BCUT2D eigenvalue weighted by Gasteiger charge is -2.09. The molecule has 1 aromatic carbocycles. The van der Waals surface area contributed by atoms with Gasteiger partial charge in [0.25, 0.3) is 5.91 Å². The highest BCUT2D eigenvalue weighted by molar-refractivity contribution is 7.16. The average molecular weight is 350 g/mol. The summed E-state index contributed by atoms with van der Waals surface area (Å²) in [5.74, 6) is -0.572. The molecule has 4 rings (SSSR count). The molecule has 25 heavy (non-hydrogen) atoms. The first-order chi connectivity index (χ1) is 12.2. The Balaban J connectivity index is 1.70. The smallest absolute Gasteiger partial charge is 0.344 e. The van der Waals surface area contributed by atoms with Crippen LogP contribution < -0.4 is 10.9 Å². The van der Waals surface area contributed by atoms with Gasteiger partial charge in [0.05, 0.1) is 10.9 Å². The monoisotopic (exact) mass is 350 g/mol. The fourth-order valence-corrected chi connectivity index (χ4v) is 4.42. The molecular formula is C19H14N2O3S. The van der Waals surface area contributed by atoms with Crippen molar-refractivity contribution >= 4 is 33.0 Å². The second-order valence-electron chi connectivity index (χ2n) is 5.97. The van der Waals surface area contributed by atoms with Crippen LogP contribution in [0.4, 0.5) is 5.00 Å². The maximum absolute atomic E-state index is 12.5. The first-order valence-corrected chi connectivity index (χ1v) is 8.88. The highest BCUT2D eigenvalue weighted by atomic mass is 32.1. The number of rotatable bonds is 2. The summed E-state index contributed by atoms with van der Waals surface area (Å²) < 4.78 is 5.15. The Morgan fingerprint density at radius 3 is 2.88 bits per heavy atom. The minimum atomic E-state index is -0.547. The standard InChI is InChI=1S/C19H14N2O3S/c20-10-14-13-7-3-4-8-16(13)25-18(14)21-17(22)15-9-11-5-1-2-6-12(11)19(23)24-15/h1-2,5-6,9H,3-4,7-8H2,(H,21,22). The number of nitrogens with one attached hydrogen (secondary N) is 1. The summed E-state index contributed by atoms with van der Waals surface area (Å²) in [7, 11) is 0. The van der Waals surface area contributed by atoms with Crippen LogP contribution >= 0.6 is 11.3 Å². The molecule has 0 saturated carbocycles. The van der Waals surface area contributed by atoms with Gasteiger partial charge >= 0.3 is 5.63 Å². The third kappa shape index (κ3) is 2.73. The summed E-state index contributed by atoms with van der Waals surface area (Å²) in [6.07, 6.45) is 3.97. The molecule has 0 atom stereocenters. The summed E-state index contributed by atoms with van der Waals surface area (Å²) in [6, 6.07) is 10.7. The van der Waals surface area contributed by atoms with Gasteiger partial charge in [0.2, 0.25) is 0 Å². The van der Waals surface area contributed by atoms with Crippen LogP contribution in [0, 0.1) is 11.3 Å². The maximum Gasteiger partial charge on any atom is 0.344 e. The summed E-state index contributed by atoms with van der Waals surface area (Å²) in [6.45, 7) is 0. The first-order valence-electron chi connectivity index (χ1n) is 8.06. The van der Waals surface area contributed by atoms with E-state index >= 15 is 0 Å². The van der Waals surface area contributed by atoms with Crippen LogP contribution in [0.5, 0.6) is 0 Å². The molecule has 0 bridgehead atoms. The Hall–Kier alpha value is -2.91. The SMILES string of the molecule is N#Cc1c(NC(=O)c2cc3ccccc3c(=O)o2)sc2c1CCCC2. The quantitative estimate of drug-likeness (QED) is 0.761. The molecule has 1 amide bonds. The molecule has 5 nitrogen and oxygen atoms in total. The fourth-order valence-electron chi connectivity index (χ4n) is 3.18. The van der Waals surface area contributed by atoms with Gasteiger partial charge in [-0.05, 0) is 48.8 Å². The zero-order valence-corrected chi connectivity index (χ0v) is 14.1. The number of carbonyl (C=O) groups excluding carboxylic acids is 1. The van der Waals surface area contributed by atoms with E-state index in [-0.39, 0.29) is 5.76 Å². The first kappa shape index (κ1) is 15.6. The van der Waals surface area contributed by atoms with Crippen molar-refractivity contribution in [2.75, 3.05) is 5.32 Å². The summed E-state index contributed by atoms with van der Waals surface area (Å²) in [5, 5.41) is 13.8. The number of fused-ring (bicyclic) bond motifs is 2. The van der Waals surface area contributed by atoms with Crippen molar-refractivity contribution in [2.45, 2.75) is 25.7 Å². The number of nitrogens with zero attached hydrogens (tertiary/aromatic N) is 1. The summed E-state index contributed by atoms with van der Waals surface area (Å²) >= 11 is 1.44. The Bertz CT molecular complexity index is 1090. The van der Waals surface area contributed by atoms with Crippen molar-refractivity contribution in [1.82, 2.24) is 0 Å². The average Bonchev–Trinajstić information content (AvgIpc) is 2.98. The summed E-state index contributed by atoms with van der Waals surface area (Å²) in [5.41, 5.74) is 1.04. The van der Waals surface area contributed by atoms with Gasteiger partial charge in [0.1, 0.15) is 11.1 Å². The molecule has 1 aliphatic carbocycles. The Morgan fingerprint density at radius 2 is 2.04 bits per heavy atom.